The first-order valence-corrected chi connectivity index (χ1v) is 7.15. The maximum absolute atomic E-state index is 5.99. The highest BCUT2D eigenvalue weighted by atomic mass is 35.5. The van der Waals surface area contributed by atoms with Crippen molar-refractivity contribution in [1.29, 1.82) is 0 Å². The van der Waals surface area contributed by atoms with Crippen LogP contribution in [0.4, 0.5) is 0 Å². The van der Waals surface area contributed by atoms with E-state index in [1.165, 1.54) is 0 Å². The fraction of sp³-hybridized carbons (Fsp3) is 0.312. The summed E-state index contributed by atoms with van der Waals surface area (Å²) in [6, 6.07) is 5.72. The maximum Gasteiger partial charge on any atom is 0.122 e. The topological polar surface area (TPSA) is 27.1 Å². The van der Waals surface area contributed by atoms with Gasteiger partial charge in [0.1, 0.15) is 5.75 Å². The number of aryl methyl sites for hydroxylation is 1. The number of nitrogens with zero attached hydrogens (tertiary/aromatic N) is 2. The third-order valence-corrected chi connectivity index (χ3v) is 3.25. The number of unbranched alkanes of at least 4 members (excludes halogenated alkanes) is 1. The zero-order valence-electron chi connectivity index (χ0n) is 11.5. The van der Waals surface area contributed by atoms with E-state index in [0.29, 0.717) is 6.61 Å². The van der Waals surface area contributed by atoms with E-state index in [1.807, 2.05) is 36.8 Å². The van der Waals surface area contributed by atoms with E-state index in [2.05, 4.69) is 16.1 Å². The molecule has 106 valence electrons. The van der Waals surface area contributed by atoms with Crippen molar-refractivity contribution in [3.63, 3.8) is 0 Å². The normalized spacial score (nSPS) is 10.4. The van der Waals surface area contributed by atoms with E-state index < -0.39 is 0 Å². The van der Waals surface area contributed by atoms with Crippen LogP contribution in [-0.2, 0) is 13.0 Å². The summed E-state index contributed by atoms with van der Waals surface area (Å²) < 4.78 is 7.91. The molecule has 0 atom stereocenters. The van der Waals surface area contributed by atoms with Crippen LogP contribution in [0.25, 0.3) is 0 Å². The first-order chi connectivity index (χ1) is 9.79. The third-order valence-electron chi connectivity index (χ3n) is 3.01. The lowest BCUT2D eigenvalue weighted by Crippen LogP contribution is -2.02. The van der Waals surface area contributed by atoms with E-state index in [1.54, 1.807) is 6.20 Å². The van der Waals surface area contributed by atoms with Gasteiger partial charge in [-0.1, -0.05) is 17.7 Å². The first kappa shape index (κ1) is 14.7. The predicted molar refractivity (Wildman–Crippen MR) is 82.3 cm³/mol. The minimum absolute atomic E-state index is 0.709. The molecule has 1 aromatic heterocycles. The SMILES string of the molecule is C=CCc1cc(Cl)ccc1OCCCCn1ccnc1. The molecule has 0 amide bonds. The lowest BCUT2D eigenvalue weighted by molar-refractivity contribution is 0.301. The molecular formula is C16H19ClN2O. The summed E-state index contributed by atoms with van der Waals surface area (Å²) in [5, 5.41) is 0.731. The maximum atomic E-state index is 5.99. The van der Waals surface area contributed by atoms with Gasteiger partial charge >= 0.3 is 0 Å². The molecular weight excluding hydrogens is 272 g/mol. The van der Waals surface area contributed by atoms with Crippen LogP contribution in [0.5, 0.6) is 5.75 Å². The van der Waals surface area contributed by atoms with Gasteiger partial charge in [0, 0.05) is 24.0 Å². The van der Waals surface area contributed by atoms with Gasteiger partial charge in [-0.05, 0) is 43.0 Å². The molecule has 20 heavy (non-hydrogen) atoms. The number of hydrogen-bond donors (Lipinski definition) is 0. The van der Waals surface area contributed by atoms with E-state index >= 15 is 0 Å². The van der Waals surface area contributed by atoms with E-state index in [9.17, 15) is 0 Å². The highest BCUT2D eigenvalue weighted by Gasteiger charge is 2.03. The molecule has 0 bridgehead atoms. The van der Waals surface area contributed by atoms with Gasteiger partial charge in [-0.15, -0.1) is 6.58 Å². The van der Waals surface area contributed by atoms with Crippen LogP contribution < -0.4 is 4.74 Å². The van der Waals surface area contributed by atoms with Crippen molar-refractivity contribution in [2.24, 2.45) is 0 Å². The first-order valence-electron chi connectivity index (χ1n) is 6.77. The number of ether oxygens (including phenoxy) is 1. The summed E-state index contributed by atoms with van der Waals surface area (Å²) in [5.41, 5.74) is 1.09. The number of imidazole rings is 1. The fourth-order valence-corrected chi connectivity index (χ4v) is 2.20. The Hall–Kier alpha value is -1.74. The van der Waals surface area contributed by atoms with Gasteiger partial charge in [0.05, 0.1) is 12.9 Å². The number of halogens is 1. The van der Waals surface area contributed by atoms with Gasteiger partial charge in [-0.3, -0.25) is 0 Å². The highest BCUT2D eigenvalue weighted by Crippen LogP contribution is 2.23. The molecule has 4 heteroatoms. The van der Waals surface area contributed by atoms with Crippen LogP contribution in [0.15, 0.2) is 49.6 Å². The van der Waals surface area contributed by atoms with Crippen LogP contribution in [0.1, 0.15) is 18.4 Å². The number of aromatic nitrogens is 2. The smallest absolute Gasteiger partial charge is 0.122 e. The molecule has 0 aliphatic heterocycles. The zero-order chi connectivity index (χ0) is 14.2. The summed E-state index contributed by atoms with van der Waals surface area (Å²) in [4.78, 5) is 4.02. The van der Waals surface area contributed by atoms with Crippen molar-refractivity contribution in [3.05, 3.63) is 60.2 Å². The number of allylic oxidation sites excluding steroid dienone is 1. The Morgan fingerprint density at radius 1 is 1.35 bits per heavy atom. The minimum atomic E-state index is 0.709. The van der Waals surface area contributed by atoms with Crippen LogP contribution in [0.2, 0.25) is 5.02 Å². The van der Waals surface area contributed by atoms with Crippen molar-refractivity contribution in [1.82, 2.24) is 9.55 Å². The summed E-state index contributed by atoms with van der Waals surface area (Å²) in [6.45, 7) is 5.44. The number of rotatable bonds is 8. The molecule has 1 aromatic carbocycles. The van der Waals surface area contributed by atoms with Crippen molar-refractivity contribution >= 4 is 11.6 Å². The molecule has 0 aliphatic carbocycles. The van der Waals surface area contributed by atoms with E-state index in [-0.39, 0.29) is 0 Å². The summed E-state index contributed by atoms with van der Waals surface area (Å²) >= 11 is 5.99. The van der Waals surface area contributed by atoms with Gasteiger partial charge < -0.3 is 9.30 Å². The average Bonchev–Trinajstić information content (AvgIpc) is 2.94. The van der Waals surface area contributed by atoms with E-state index in [0.717, 1.165) is 42.1 Å². The standard InChI is InChI=1S/C16H19ClN2O/c1-2-5-14-12-15(17)6-7-16(14)20-11-4-3-9-19-10-8-18-13-19/h2,6-8,10,12-13H,1,3-5,9,11H2. The average molecular weight is 291 g/mol. The van der Waals surface area contributed by atoms with Crippen molar-refractivity contribution < 1.29 is 4.74 Å². The molecule has 0 saturated carbocycles. The molecule has 0 N–H and O–H groups in total. The minimum Gasteiger partial charge on any atom is -0.493 e. The molecule has 2 aromatic rings. The molecule has 0 aliphatic rings. The second kappa shape index (κ2) is 7.75. The van der Waals surface area contributed by atoms with Crippen molar-refractivity contribution in [3.8, 4) is 5.75 Å². The highest BCUT2D eigenvalue weighted by molar-refractivity contribution is 6.30. The molecule has 0 spiro atoms. The van der Waals surface area contributed by atoms with Crippen LogP contribution in [0.3, 0.4) is 0 Å². The Morgan fingerprint density at radius 3 is 3.00 bits per heavy atom. The number of benzene rings is 1. The Kier molecular flexibility index (Phi) is 5.69. The molecule has 1 heterocycles. The van der Waals surface area contributed by atoms with Crippen molar-refractivity contribution in [2.75, 3.05) is 6.61 Å². The Morgan fingerprint density at radius 2 is 2.25 bits per heavy atom. The van der Waals surface area contributed by atoms with Crippen LogP contribution in [-0.4, -0.2) is 16.2 Å². The van der Waals surface area contributed by atoms with Crippen molar-refractivity contribution in [2.45, 2.75) is 25.8 Å². The van der Waals surface area contributed by atoms with Gasteiger partial charge in [0.25, 0.3) is 0 Å². The molecule has 0 fully saturated rings. The molecule has 0 radical (unpaired) electrons. The zero-order valence-corrected chi connectivity index (χ0v) is 12.2. The lowest BCUT2D eigenvalue weighted by Gasteiger charge is -2.11. The molecule has 2 rings (SSSR count). The van der Waals surface area contributed by atoms with E-state index in [4.69, 9.17) is 16.3 Å². The fourth-order valence-electron chi connectivity index (χ4n) is 2.00. The third kappa shape index (κ3) is 4.42. The molecule has 0 saturated heterocycles. The van der Waals surface area contributed by atoms with Gasteiger partial charge in [0.15, 0.2) is 0 Å². The monoisotopic (exact) mass is 290 g/mol. The summed E-state index contributed by atoms with van der Waals surface area (Å²) in [6.07, 6.45) is 10.3. The van der Waals surface area contributed by atoms with Crippen LogP contribution >= 0.6 is 11.6 Å². The molecule has 3 nitrogen and oxygen atoms in total. The number of hydrogen-bond acceptors (Lipinski definition) is 2. The van der Waals surface area contributed by atoms with Gasteiger partial charge in [0.2, 0.25) is 0 Å². The predicted octanol–water partition coefficient (Wildman–Crippen LogP) is 4.12. The second-order valence-corrected chi connectivity index (χ2v) is 5.04. The Balaban J connectivity index is 1.77. The summed E-state index contributed by atoms with van der Waals surface area (Å²) in [7, 11) is 0. The summed E-state index contributed by atoms with van der Waals surface area (Å²) in [5.74, 6) is 0.900. The Labute approximate surface area is 124 Å². The lowest BCUT2D eigenvalue weighted by atomic mass is 10.1. The second-order valence-electron chi connectivity index (χ2n) is 4.60. The molecule has 0 unspecified atom stereocenters. The van der Waals surface area contributed by atoms with Gasteiger partial charge in [-0.25, -0.2) is 4.98 Å². The van der Waals surface area contributed by atoms with Crippen LogP contribution in [0, 0.1) is 0 Å². The van der Waals surface area contributed by atoms with Gasteiger partial charge in [-0.2, -0.15) is 0 Å². The quantitative estimate of drug-likeness (QED) is 0.540. The Bertz CT molecular complexity index is 537. The largest absolute Gasteiger partial charge is 0.493 e.